The maximum Gasteiger partial charge on any atom is 0.253 e. The van der Waals surface area contributed by atoms with Gasteiger partial charge in [-0.25, -0.2) is 0 Å². The van der Waals surface area contributed by atoms with Crippen LogP contribution < -0.4 is 5.32 Å². The molecule has 22 heavy (non-hydrogen) atoms. The summed E-state index contributed by atoms with van der Waals surface area (Å²) >= 11 is 0. The van der Waals surface area contributed by atoms with Crippen molar-refractivity contribution in [2.75, 3.05) is 0 Å². The summed E-state index contributed by atoms with van der Waals surface area (Å²) in [5.41, 5.74) is 2.00. The number of amides is 1. The first-order chi connectivity index (χ1) is 10.5. The van der Waals surface area contributed by atoms with Crippen molar-refractivity contribution < 1.29 is 4.79 Å². The SMILES string of the molecule is Cc1ccc(C(=O)NC(C)C23CC4CC(CC(C4)C2)C3)cn1. The van der Waals surface area contributed by atoms with Crippen LogP contribution in [-0.4, -0.2) is 16.9 Å². The van der Waals surface area contributed by atoms with Gasteiger partial charge in [-0.2, -0.15) is 0 Å². The summed E-state index contributed by atoms with van der Waals surface area (Å²) in [4.78, 5) is 16.7. The minimum absolute atomic E-state index is 0.0377. The van der Waals surface area contributed by atoms with Gasteiger partial charge in [-0.15, -0.1) is 0 Å². The van der Waals surface area contributed by atoms with Gasteiger partial charge >= 0.3 is 0 Å². The van der Waals surface area contributed by atoms with Crippen LogP contribution in [0.25, 0.3) is 0 Å². The third kappa shape index (κ3) is 2.35. The largest absolute Gasteiger partial charge is 0.349 e. The number of hydrogen-bond acceptors (Lipinski definition) is 2. The normalized spacial score (nSPS) is 37.1. The van der Waals surface area contributed by atoms with Crippen LogP contribution in [0.5, 0.6) is 0 Å². The van der Waals surface area contributed by atoms with Gasteiger partial charge in [0.05, 0.1) is 5.56 Å². The first-order valence-electron chi connectivity index (χ1n) is 8.77. The van der Waals surface area contributed by atoms with Crippen LogP contribution in [0.4, 0.5) is 0 Å². The lowest BCUT2D eigenvalue weighted by Crippen LogP contribution is -2.55. The molecule has 4 aliphatic rings. The fourth-order valence-electron chi connectivity index (χ4n) is 5.74. The summed E-state index contributed by atoms with van der Waals surface area (Å²) in [5.74, 6) is 2.81. The van der Waals surface area contributed by atoms with Gasteiger partial charge in [-0.3, -0.25) is 9.78 Å². The zero-order chi connectivity index (χ0) is 15.3. The minimum atomic E-state index is 0.0377. The molecular formula is C19H26N2O. The summed E-state index contributed by atoms with van der Waals surface area (Å²) in [5, 5.41) is 3.29. The molecule has 0 radical (unpaired) electrons. The van der Waals surface area contributed by atoms with Crippen LogP contribution in [-0.2, 0) is 0 Å². The van der Waals surface area contributed by atoms with E-state index in [4.69, 9.17) is 0 Å². The van der Waals surface area contributed by atoms with Gasteiger partial charge in [0.15, 0.2) is 0 Å². The smallest absolute Gasteiger partial charge is 0.253 e. The quantitative estimate of drug-likeness (QED) is 0.924. The van der Waals surface area contributed by atoms with Crippen molar-refractivity contribution in [1.29, 1.82) is 0 Å². The Morgan fingerprint density at radius 1 is 1.18 bits per heavy atom. The molecule has 1 atom stereocenters. The van der Waals surface area contributed by atoms with E-state index in [2.05, 4.69) is 17.2 Å². The average Bonchev–Trinajstić information content (AvgIpc) is 2.46. The molecular weight excluding hydrogens is 272 g/mol. The Morgan fingerprint density at radius 3 is 2.27 bits per heavy atom. The molecule has 0 spiro atoms. The molecule has 0 aromatic carbocycles. The topological polar surface area (TPSA) is 42.0 Å². The third-order valence-electron chi connectivity index (χ3n) is 6.53. The molecule has 118 valence electrons. The standard InChI is InChI=1S/C19H26N2O/c1-12-3-4-17(11-20-12)18(22)21-13(2)19-8-14-5-15(9-19)7-16(6-14)10-19/h3-4,11,13-16H,5-10H2,1-2H3,(H,21,22). The molecule has 3 nitrogen and oxygen atoms in total. The molecule has 0 saturated heterocycles. The molecule has 4 aliphatic carbocycles. The van der Waals surface area contributed by atoms with Gasteiger partial charge in [-0.1, -0.05) is 0 Å². The summed E-state index contributed by atoms with van der Waals surface area (Å²) < 4.78 is 0. The van der Waals surface area contributed by atoms with Crippen molar-refractivity contribution in [3.8, 4) is 0 Å². The summed E-state index contributed by atoms with van der Waals surface area (Å²) in [6, 6.07) is 4.06. The molecule has 1 unspecified atom stereocenters. The van der Waals surface area contributed by atoms with Gasteiger partial charge in [0.2, 0.25) is 0 Å². The fraction of sp³-hybridized carbons (Fsp3) is 0.684. The van der Waals surface area contributed by atoms with E-state index in [9.17, 15) is 4.79 Å². The summed E-state index contributed by atoms with van der Waals surface area (Å²) in [6.07, 6.45) is 10.0. The van der Waals surface area contributed by atoms with E-state index in [1.54, 1.807) is 6.20 Å². The van der Waals surface area contributed by atoms with Crippen LogP contribution >= 0.6 is 0 Å². The van der Waals surface area contributed by atoms with Crippen LogP contribution in [0.1, 0.15) is 61.5 Å². The first-order valence-corrected chi connectivity index (χ1v) is 8.77. The molecule has 1 amide bonds. The Balaban J connectivity index is 1.49. The van der Waals surface area contributed by atoms with Crippen LogP contribution in [0.2, 0.25) is 0 Å². The second kappa shape index (κ2) is 5.07. The number of nitrogens with zero attached hydrogens (tertiary/aromatic N) is 1. The van der Waals surface area contributed by atoms with Gasteiger partial charge < -0.3 is 5.32 Å². The highest BCUT2D eigenvalue weighted by molar-refractivity contribution is 5.94. The molecule has 3 heteroatoms. The zero-order valence-corrected chi connectivity index (χ0v) is 13.6. The molecule has 4 saturated carbocycles. The van der Waals surface area contributed by atoms with E-state index in [0.29, 0.717) is 11.0 Å². The number of aromatic nitrogens is 1. The molecule has 5 rings (SSSR count). The Hall–Kier alpha value is -1.38. The zero-order valence-electron chi connectivity index (χ0n) is 13.6. The molecule has 1 aromatic heterocycles. The van der Waals surface area contributed by atoms with Crippen LogP contribution in [0.15, 0.2) is 18.3 Å². The lowest BCUT2D eigenvalue weighted by molar-refractivity contribution is -0.0688. The highest BCUT2D eigenvalue weighted by Crippen LogP contribution is 2.61. The molecule has 4 fully saturated rings. The molecule has 1 N–H and O–H groups in total. The number of pyridine rings is 1. The highest BCUT2D eigenvalue weighted by atomic mass is 16.1. The van der Waals surface area contributed by atoms with Crippen LogP contribution in [0.3, 0.4) is 0 Å². The molecule has 1 aromatic rings. The number of hydrogen-bond donors (Lipinski definition) is 1. The van der Waals surface area contributed by atoms with Gasteiger partial charge in [0.1, 0.15) is 0 Å². The predicted molar refractivity (Wildman–Crippen MR) is 86.5 cm³/mol. The Bertz CT molecular complexity index is 542. The number of rotatable bonds is 3. The number of carbonyl (C=O) groups excluding carboxylic acids is 1. The minimum Gasteiger partial charge on any atom is -0.349 e. The monoisotopic (exact) mass is 298 g/mol. The van der Waals surface area contributed by atoms with Gasteiger partial charge in [-0.05, 0) is 87.7 Å². The number of carbonyl (C=O) groups is 1. The summed E-state index contributed by atoms with van der Waals surface area (Å²) in [6.45, 7) is 4.17. The maximum absolute atomic E-state index is 12.5. The van der Waals surface area contributed by atoms with Crippen molar-refractivity contribution in [2.45, 2.75) is 58.4 Å². The van der Waals surface area contributed by atoms with Gasteiger partial charge in [0.25, 0.3) is 5.91 Å². The Morgan fingerprint density at radius 2 is 1.77 bits per heavy atom. The maximum atomic E-state index is 12.5. The Kier molecular flexibility index (Phi) is 3.28. The van der Waals surface area contributed by atoms with Crippen molar-refractivity contribution in [3.63, 3.8) is 0 Å². The van der Waals surface area contributed by atoms with E-state index >= 15 is 0 Å². The van der Waals surface area contributed by atoms with Gasteiger partial charge in [0, 0.05) is 17.9 Å². The highest BCUT2D eigenvalue weighted by Gasteiger charge is 2.53. The third-order valence-corrected chi connectivity index (χ3v) is 6.53. The Labute approximate surface area is 132 Å². The lowest BCUT2D eigenvalue weighted by Gasteiger charge is -2.59. The van der Waals surface area contributed by atoms with Crippen LogP contribution in [0, 0.1) is 30.1 Å². The molecule has 1 heterocycles. The van der Waals surface area contributed by atoms with Crippen molar-refractivity contribution in [3.05, 3.63) is 29.6 Å². The van der Waals surface area contributed by atoms with E-state index in [0.717, 1.165) is 23.4 Å². The second-order valence-corrected chi connectivity index (χ2v) is 8.16. The summed E-state index contributed by atoms with van der Waals surface area (Å²) in [7, 11) is 0. The van der Waals surface area contributed by atoms with E-state index in [1.807, 2.05) is 19.1 Å². The fourth-order valence-corrected chi connectivity index (χ4v) is 5.74. The molecule has 0 aliphatic heterocycles. The van der Waals surface area contributed by atoms with E-state index < -0.39 is 0 Å². The number of aryl methyl sites for hydroxylation is 1. The van der Waals surface area contributed by atoms with Crippen molar-refractivity contribution >= 4 is 5.91 Å². The number of nitrogens with one attached hydrogen (secondary N) is 1. The van der Waals surface area contributed by atoms with Crippen molar-refractivity contribution in [2.24, 2.45) is 23.2 Å². The van der Waals surface area contributed by atoms with E-state index in [1.165, 1.54) is 38.5 Å². The van der Waals surface area contributed by atoms with Crippen molar-refractivity contribution in [1.82, 2.24) is 10.3 Å². The first kappa shape index (κ1) is 14.2. The lowest BCUT2D eigenvalue weighted by atomic mass is 9.48. The average molecular weight is 298 g/mol. The van der Waals surface area contributed by atoms with E-state index in [-0.39, 0.29) is 11.9 Å². The molecule has 4 bridgehead atoms. The predicted octanol–water partition coefficient (Wildman–Crippen LogP) is 3.72. The second-order valence-electron chi connectivity index (χ2n) is 8.16.